The number of sulfonamides is 1. The lowest BCUT2D eigenvalue weighted by atomic mass is 9.83. The van der Waals surface area contributed by atoms with Crippen LogP contribution in [0.25, 0.3) is 0 Å². The number of carbonyl (C=O) groups is 1. The van der Waals surface area contributed by atoms with Crippen LogP contribution in [0.1, 0.15) is 25.7 Å². The van der Waals surface area contributed by atoms with Crippen molar-refractivity contribution in [3.63, 3.8) is 0 Å². The molecule has 1 saturated carbocycles. The Morgan fingerprint density at radius 3 is 2.60 bits per heavy atom. The molecule has 2 N–H and O–H groups in total. The van der Waals surface area contributed by atoms with Gasteiger partial charge in [-0.25, -0.2) is 21.9 Å². The maximum atomic E-state index is 12.7. The Hall–Kier alpha value is -1.02. The van der Waals surface area contributed by atoms with Gasteiger partial charge in [-0.1, -0.05) is 12.2 Å². The van der Waals surface area contributed by atoms with Gasteiger partial charge in [0.25, 0.3) is 0 Å². The highest BCUT2D eigenvalue weighted by atomic mass is 32.2. The van der Waals surface area contributed by atoms with Crippen LogP contribution >= 0.6 is 0 Å². The van der Waals surface area contributed by atoms with Gasteiger partial charge < -0.3 is 5.11 Å². The Kier molecular flexibility index (Phi) is 4.15. The Morgan fingerprint density at radius 1 is 1.40 bits per heavy atom. The van der Waals surface area contributed by atoms with E-state index in [1.807, 2.05) is 0 Å². The Morgan fingerprint density at radius 2 is 2.05 bits per heavy atom. The second kappa shape index (κ2) is 5.40. The summed E-state index contributed by atoms with van der Waals surface area (Å²) in [5, 5.41) is 8.91. The highest BCUT2D eigenvalue weighted by Gasteiger charge is 2.46. The average molecular weight is 309 g/mol. The fourth-order valence-corrected chi connectivity index (χ4v) is 4.26. The van der Waals surface area contributed by atoms with E-state index in [9.17, 15) is 22.0 Å². The summed E-state index contributed by atoms with van der Waals surface area (Å²) in [6.07, 6.45) is 3.02. The van der Waals surface area contributed by atoms with Crippen molar-refractivity contribution < 1.29 is 27.1 Å². The Bertz CT molecular complexity index is 510. The van der Waals surface area contributed by atoms with Gasteiger partial charge in [-0.05, 0) is 18.8 Å². The van der Waals surface area contributed by atoms with E-state index in [2.05, 4.69) is 4.72 Å². The lowest BCUT2D eigenvalue weighted by Gasteiger charge is -2.35. The molecule has 0 aliphatic heterocycles. The molecule has 1 fully saturated rings. The van der Waals surface area contributed by atoms with Crippen molar-refractivity contribution in [3.8, 4) is 0 Å². The topological polar surface area (TPSA) is 83.5 Å². The highest BCUT2D eigenvalue weighted by molar-refractivity contribution is 7.89. The van der Waals surface area contributed by atoms with Crippen LogP contribution in [0.4, 0.5) is 8.78 Å². The zero-order valence-electron chi connectivity index (χ0n) is 10.8. The second-order valence-electron chi connectivity index (χ2n) is 5.57. The van der Waals surface area contributed by atoms with Crippen molar-refractivity contribution in [3.05, 3.63) is 12.2 Å². The fraction of sp³-hybridized carbons (Fsp3) is 0.750. The highest BCUT2D eigenvalue weighted by Crippen LogP contribution is 2.42. The lowest BCUT2D eigenvalue weighted by molar-refractivity contribution is -0.142. The number of rotatable bonds is 5. The fourth-order valence-electron chi connectivity index (χ4n) is 2.67. The largest absolute Gasteiger partial charge is 0.481 e. The zero-order valence-corrected chi connectivity index (χ0v) is 11.6. The molecule has 0 unspecified atom stereocenters. The third-order valence-corrected chi connectivity index (χ3v) is 5.21. The van der Waals surface area contributed by atoms with E-state index in [0.29, 0.717) is 6.42 Å². The lowest BCUT2D eigenvalue weighted by Crippen LogP contribution is -2.44. The number of hydrogen-bond donors (Lipinski definition) is 2. The van der Waals surface area contributed by atoms with E-state index in [1.54, 1.807) is 12.2 Å². The normalized spacial score (nSPS) is 29.9. The number of carboxylic acids is 1. The summed E-state index contributed by atoms with van der Waals surface area (Å²) in [6.45, 7) is 0. The van der Waals surface area contributed by atoms with Crippen LogP contribution < -0.4 is 4.72 Å². The summed E-state index contributed by atoms with van der Waals surface area (Å²) >= 11 is 0. The number of carboxylic acid groups (broad SMARTS) is 1. The Balaban J connectivity index is 1.87. The van der Waals surface area contributed by atoms with Crippen molar-refractivity contribution >= 4 is 16.0 Å². The first-order valence-corrected chi connectivity index (χ1v) is 8.09. The molecule has 8 heteroatoms. The predicted octanol–water partition coefficient (Wildman–Crippen LogP) is 1.37. The Labute approximate surface area is 116 Å². The summed E-state index contributed by atoms with van der Waals surface area (Å²) in [6, 6.07) is -0.574. The molecule has 0 aromatic rings. The molecule has 2 atom stereocenters. The van der Waals surface area contributed by atoms with Crippen molar-refractivity contribution in [2.45, 2.75) is 37.6 Å². The van der Waals surface area contributed by atoms with Gasteiger partial charge in [-0.2, -0.15) is 0 Å². The van der Waals surface area contributed by atoms with Crippen LogP contribution in [0.2, 0.25) is 0 Å². The summed E-state index contributed by atoms with van der Waals surface area (Å²) < 4.78 is 51.4. The van der Waals surface area contributed by atoms with Crippen LogP contribution in [0, 0.1) is 11.8 Å². The van der Waals surface area contributed by atoms with Crippen molar-refractivity contribution in [2.24, 2.45) is 11.8 Å². The third kappa shape index (κ3) is 3.99. The van der Waals surface area contributed by atoms with E-state index < -0.39 is 52.6 Å². The van der Waals surface area contributed by atoms with Gasteiger partial charge in [-0.15, -0.1) is 0 Å². The maximum absolute atomic E-state index is 12.7. The predicted molar refractivity (Wildman–Crippen MR) is 67.9 cm³/mol. The minimum absolute atomic E-state index is 0.186. The van der Waals surface area contributed by atoms with Gasteiger partial charge in [-0.3, -0.25) is 4.79 Å². The van der Waals surface area contributed by atoms with Crippen LogP contribution in [-0.4, -0.2) is 37.2 Å². The number of halogens is 2. The van der Waals surface area contributed by atoms with Crippen LogP contribution in [0.15, 0.2) is 12.2 Å². The van der Waals surface area contributed by atoms with E-state index in [-0.39, 0.29) is 12.2 Å². The van der Waals surface area contributed by atoms with Crippen molar-refractivity contribution in [1.82, 2.24) is 4.72 Å². The second-order valence-corrected chi connectivity index (χ2v) is 7.37. The minimum atomic E-state index is -3.67. The first-order valence-electron chi connectivity index (χ1n) is 6.44. The molecule has 114 valence electrons. The van der Waals surface area contributed by atoms with Crippen molar-refractivity contribution in [1.29, 1.82) is 0 Å². The van der Waals surface area contributed by atoms with Gasteiger partial charge in [0, 0.05) is 18.9 Å². The van der Waals surface area contributed by atoms with Gasteiger partial charge in [0.2, 0.25) is 15.9 Å². The minimum Gasteiger partial charge on any atom is -0.481 e. The molecule has 0 amide bonds. The summed E-state index contributed by atoms with van der Waals surface area (Å²) in [5.41, 5.74) is 0. The van der Waals surface area contributed by atoms with Crippen LogP contribution in [0.3, 0.4) is 0 Å². The quantitative estimate of drug-likeness (QED) is 0.751. The standard InChI is InChI=1S/C12H17F2NO4S/c13-12(14)5-8(6-12)7-20(18,19)15-10-3-1-2-9(4-10)11(16)17/h1,3,8-10,15H,2,4-7H2,(H,16,17)/t9-,10-/m1/s1. The number of nitrogens with one attached hydrogen (secondary N) is 1. The van der Waals surface area contributed by atoms with E-state index in [1.165, 1.54) is 0 Å². The van der Waals surface area contributed by atoms with Gasteiger partial charge >= 0.3 is 5.97 Å². The molecular weight excluding hydrogens is 292 g/mol. The number of hydrogen-bond acceptors (Lipinski definition) is 3. The molecule has 20 heavy (non-hydrogen) atoms. The first-order chi connectivity index (χ1) is 9.17. The number of alkyl halides is 2. The van der Waals surface area contributed by atoms with Gasteiger partial charge in [0.05, 0.1) is 11.7 Å². The molecule has 0 aromatic carbocycles. The number of allylic oxidation sites excluding steroid dienone is 1. The molecule has 2 aliphatic carbocycles. The average Bonchev–Trinajstić information content (AvgIpc) is 2.25. The molecule has 0 bridgehead atoms. The molecule has 2 rings (SSSR count). The third-order valence-electron chi connectivity index (χ3n) is 3.64. The molecule has 0 saturated heterocycles. The summed E-state index contributed by atoms with van der Waals surface area (Å²) in [4.78, 5) is 10.9. The smallest absolute Gasteiger partial charge is 0.306 e. The monoisotopic (exact) mass is 309 g/mol. The van der Waals surface area contributed by atoms with Crippen LogP contribution in [0.5, 0.6) is 0 Å². The molecule has 0 heterocycles. The maximum Gasteiger partial charge on any atom is 0.306 e. The molecule has 0 spiro atoms. The first kappa shape index (κ1) is 15.4. The molecule has 2 aliphatic rings. The van der Waals surface area contributed by atoms with E-state index in [4.69, 9.17) is 5.11 Å². The molecule has 0 aromatic heterocycles. The van der Waals surface area contributed by atoms with Crippen LogP contribution in [-0.2, 0) is 14.8 Å². The van der Waals surface area contributed by atoms with Crippen molar-refractivity contribution in [2.75, 3.05) is 5.75 Å². The summed E-state index contributed by atoms with van der Waals surface area (Å²) in [5.74, 6) is -5.16. The molecule has 0 radical (unpaired) electrons. The van der Waals surface area contributed by atoms with E-state index in [0.717, 1.165) is 0 Å². The number of aliphatic carboxylic acids is 1. The molecular formula is C12H17F2NO4S. The van der Waals surface area contributed by atoms with Gasteiger partial charge in [0.1, 0.15) is 0 Å². The molecule has 5 nitrogen and oxygen atoms in total. The SMILES string of the molecule is O=C(O)[C@@H]1CC=C[C@@H](NS(=O)(=O)CC2CC(F)(F)C2)C1. The van der Waals surface area contributed by atoms with E-state index >= 15 is 0 Å². The zero-order chi connectivity index (χ0) is 15.0. The summed E-state index contributed by atoms with van der Waals surface area (Å²) in [7, 11) is -3.67. The van der Waals surface area contributed by atoms with Gasteiger partial charge in [0.15, 0.2) is 0 Å².